The minimum atomic E-state index is -2.95. The van der Waals surface area contributed by atoms with Crippen LogP contribution in [-0.4, -0.2) is 45.6 Å². The van der Waals surface area contributed by atoms with Gasteiger partial charge >= 0.3 is 5.97 Å². The highest BCUT2D eigenvalue weighted by Crippen LogP contribution is 2.33. The lowest BCUT2D eigenvalue weighted by atomic mass is 10.3. The van der Waals surface area contributed by atoms with Gasteiger partial charge in [0.1, 0.15) is 4.88 Å². The molecule has 1 aromatic heterocycles. The van der Waals surface area contributed by atoms with E-state index in [1.54, 1.807) is 13.0 Å². The summed E-state index contributed by atoms with van der Waals surface area (Å²) in [6.45, 7) is 3.13. The molecule has 1 aromatic rings. The lowest BCUT2D eigenvalue weighted by Gasteiger charge is -2.19. The lowest BCUT2D eigenvalue weighted by molar-refractivity contribution is 0.0533. The van der Waals surface area contributed by atoms with Gasteiger partial charge in [-0.3, -0.25) is 0 Å². The summed E-state index contributed by atoms with van der Waals surface area (Å²) in [7, 11) is -2.95. The molecular weight excluding hydrogens is 300 g/mol. The molecule has 0 aromatic carbocycles. The Morgan fingerprint density at radius 3 is 2.90 bits per heavy atom. The summed E-state index contributed by atoms with van der Waals surface area (Å²) in [6.07, 6.45) is 0.592. The molecule has 0 amide bonds. The van der Waals surface area contributed by atoms with Gasteiger partial charge in [0.15, 0.2) is 9.84 Å². The second kappa shape index (κ2) is 6.01. The van der Waals surface area contributed by atoms with Crippen LogP contribution in [0, 0.1) is 0 Å². The normalized spacial score (nSPS) is 18.6. The van der Waals surface area contributed by atoms with E-state index in [9.17, 15) is 13.2 Å². The Balaban J connectivity index is 2.17. The van der Waals surface area contributed by atoms with Crippen molar-refractivity contribution < 1.29 is 17.9 Å². The van der Waals surface area contributed by atoms with Gasteiger partial charge in [-0.15, -0.1) is 11.3 Å². The topological polar surface area (TPSA) is 89.7 Å². The van der Waals surface area contributed by atoms with Crippen molar-refractivity contribution in [3.8, 4) is 0 Å². The molecular formula is C12H18N2O4S2. The lowest BCUT2D eigenvalue weighted by Crippen LogP contribution is -2.25. The molecule has 0 atom stereocenters. The van der Waals surface area contributed by atoms with Crippen molar-refractivity contribution in [2.75, 3.05) is 41.8 Å². The molecule has 1 aliphatic rings. The fourth-order valence-corrected chi connectivity index (χ4v) is 4.36. The number of anilines is 2. The zero-order valence-electron chi connectivity index (χ0n) is 11.3. The summed E-state index contributed by atoms with van der Waals surface area (Å²) in [4.78, 5) is 14.1. The van der Waals surface area contributed by atoms with Crippen molar-refractivity contribution in [1.29, 1.82) is 0 Å². The van der Waals surface area contributed by atoms with Gasteiger partial charge in [-0.2, -0.15) is 0 Å². The van der Waals surface area contributed by atoms with Crippen LogP contribution in [-0.2, 0) is 14.6 Å². The molecule has 6 nitrogen and oxygen atoms in total. The van der Waals surface area contributed by atoms with Crippen molar-refractivity contribution in [3.63, 3.8) is 0 Å². The van der Waals surface area contributed by atoms with Crippen LogP contribution in [0.2, 0.25) is 0 Å². The summed E-state index contributed by atoms with van der Waals surface area (Å²) >= 11 is 1.26. The number of sulfone groups is 1. The Hall–Kier alpha value is -1.28. The highest BCUT2D eigenvalue weighted by atomic mass is 32.2. The summed E-state index contributed by atoms with van der Waals surface area (Å²) < 4.78 is 28.1. The van der Waals surface area contributed by atoms with Crippen LogP contribution in [0.4, 0.5) is 10.7 Å². The predicted octanol–water partition coefficient (Wildman–Crippen LogP) is 1.13. The zero-order chi connectivity index (χ0) is 14.8. The number of nitrogens with zero attached hydrogens (tertiary/aromatic N) is 1. The van der Waals surface area contributed by atoms with E-state index in [2.05, 4.69) is 0 Å². The van der Waals surface area contributed by atoms with Crippen LogP contribution in [0.25, 0.3) is 0 Å². The molecule has 0 bridgehead atoms. The molecule has 0 unspecified atom stereocenters. The maximum Gasteiger partial charge on any atom is 0.350 e. The largest absolute Gasteiger partial charge is 0.462 e. The van der Waals surface area contributed by atoms with Crippen LogP contribution >= 0.6 is 11.3 Å². The highest BCUT2D eigenvalue weighted by Gasteiger charge is 2.23. The van der Waals surface area contributed by atoms with E-state index < -0.39 is 15.8 Å². The molecule has 1 fully saturated rings. The van der Waals surface area contributed by atoms with Gasteiger partial charge in [0.2, 0.25) is 0 Å². The van der Waals surface area contributed by atoms with Crippen molar-refractivity contribution >= 4 is 37.8 Å². The van der Waals surface area contributed by atoms with Crippen LogP contribution in [0.3, 0.4) is 0 Å². The number of carbonyl (C=O) groups excluding carboxylic acids is 1. The van der Waals surface area contributed by atoms with Crippen LogP contribution in [0.15, 0.2) is 6.07 Å². The summed E-state index contributed by atoms with van der Waals surface area (Å²) in [5.74, 6) is -0.0713. The molecule has 0 spiro atoms. The van der Waals surface area contributed by atoms with Crippen LogP contribution in [0.5, 0.6) is 0 Å². The number of carbonyl (C=O) groups is 1. The number of rotatable bonds is 3. The standard InChI is InChI=1S/C12H18N2O4S2/c1-2-18-12(15)11-9(13)8-10(19-11)14-4-3-6-20(16,17)7-5-14/h8H,2-7,13H2,1H3. The van der Waals surface area contributed by atoms with E-state index in [1.165, 1.54) is 11.3 Å². The van der Waals surface area contributed by atoms with Gasteiger partial charge in [-0.05, 0) is 19.4 Å². The Bertz CT molecular complexity index is 595. The van der Waals surface area contributed by atoms with E-state index >= 15 is 0 Å². The first-order chi connectivity index (χ1) is 9.43. The van der Waals surface area contributed by atoms with Gasteiger partial charge in [0.25, 0.3) is 0 Å². The maximum absolute atomic E-state index is 11.7. The molecule has 0 aliphatic carbocycles. The van der Waals surface area contributed by atoms with E-state index in [0.717, 1.165) is 5.00 Å². The third-order valence-electron chi connectivity index (χ3n) is 3.08. The zero-order valence-corrected chi connectivity index (χ0v) is 12.9. The highest BCUT2D eigenvalue weighted by molar-refractivity contribution is 7.91. The Morgan fingerprint density at radius 2 is 2.20 bits per heavy atom. The number of hydrogen-bond acceptors (Lipinski definition) is 7. The van der Waals surface area contributed by atoms with Crippen LogP contribution < -0.4 is 10.6 Å². The maximum atomic E-state index is 11.7. The second-order valence-electron chi connectivity index (χ2n) is 4.58. The molecule has 2 rings (SSSR count). The number of ether oxygens (including phenoxy) is 1. The number of nitrogen functional groups attached to an aromatic ring is 1. The van der Waals surface area contributed by atoms with Crippen molar-refractivity contribution in [2.45, 2.75) is 13.3 Å². The molecule has 1 saturated heterocycles. The molecule has 0 radical (unpaired) electrons. The Labute approximate surface area is 122 Å². The molecule has 2 N–H and O–H groups in total. The smallest absolute Gasteiger partial charge is 0.350 e. The quantitative estimate of drug-likeness (QED) is 0.840. The summed E-state index contributed by atoms with van der Waals surface area (Å²) in [5, 5.41) is 0.822. The first-order valence-electron chi connectivity index (χ1n) is 6.45. The first kappa shape index (κ1) is 15.1. The van der Waals surface area contributed by atoms with E-state index in [-0.39, 0.29) is 11.5 Å². The summed E-state index contributed by atoms with van der Waals surface area (Å²) in [6, 6.07) is 1.72. The number of hydrogen-bond donors (Lipinski definition) is 1. The fraction of sp³-hybridized carbons (Fsp3) is 0.583. The number of esters is 1. The van der Waals surface area contributed by atoms with Gasteiger partial charge < -0.3 is 15.4 Å². The van der Waals surface area contributed by atoms with Crippen molar-refractivity contribution in [1.82, 2.24) is 0 Å². The van der Waals surface area contributed by atoms with E-state index in [4.69, 9.17) is 10.5 Å². The minimum absolute atomic E-state index is 0.138. The molecule has 2 heterocycles. The fourth-order valence-electron chi connectivity index (χ4n) is 2.06. The monoisotopic (exact) mass is 318 g/mol. The van der Waals surface area contributed by atoms with Crippen LogP contribution in [0.1, 0.15) is 23.0 Å². The van der Waals surface area contributed by atoms with Gasteiger partial charge in [0.05, 0.1) is 28.8 Å². The molecule has 112 valence electrons. The Morgan fingerprint density at radius 1 is 1.45 bits per heavy atom. The van der Waals surface area contributed by atoms with Gasteiger partial charge in [0, 0.05) is 13.1 Å². The van der Waals surface area contributed by atoms with Gasteiger partial charge in [-0.1, -0.05) is 0 Å². The van der Waals surface area contributed by atoms with Crippen molar-refractivity contribution in [3.05, 3.63) is 10.9 Å². The SMILES string of the molecule is CCOC(=O)c1sc(N2CCCS(=O)(=O)CC2)cc1N. The van der Waals surface area contributed by atoms with E-state index in [1.807, 2.05) is 4.90 Å². The third kappa shape index (κ3) is 3.43. The van der Waals surface area contributed by atoms with Gasteiger partial charge in [-0.25, -0.2) is 13.2 Å². The summed E-state index contributed by atoms with van der Waals surface area (Å²) in [5.41, 5.74) is 6.22. The minimum Gasteiger partial charge on any atom is -0.462 e. The number of nitrogens with two attached hydrogens (primary N) is 1. The predicted molar refractivity (Wildman–Crippen MR) is 80.2 cm³/mol. The third-order valence-corrected chi connectivity index (χ3v) is 5.98. The average molecular weight is 318 g/mol. The van der Waals surface area contributed by atoms with E-state index in [0.29, 0.717) is 36.7 Å². The average Bonchev–Trinajstić information content (AvgIpc) is 2.66. The second-order valence-corrected chi connectivity index (χ2v) is 7.92. The Kier molecular flexibility index (Phi) is 4.54. The molecule has 0 saturated carbocycles. The van der Waals surface area contributed by atoms with Crippen molar-refractivity contribution in [2.24, 2.45) is 0 Å². The molecule has 20 heavy (non-hydrogen) atoms. The molecule has 1 aliphatic heterocycles. The molecule has 8 heteroatoms. The number of thiophene rings is 1. The first-order valence-corrected chi connectivity index (χ1v) is 9.08.